The van der Waals surface area contributed by atoms with Gasteiger partial charge in [-0.15, -0.1) is 11.3 Å². The van der Waals surface area contributed by atoms with E-state index < -0.39 is 6.10 Å². The molecule has 0 unspecified atom stereocenters. The molecule has 29 heavy (non-hydrogen) atoms. The van der Waals surface area contributed by atoms with E-state index in [0.29, 0.717) is 0 Å². The van der Waals surface area contributed by atoms with Crippen molar-refractivity contribution in [2.24, 2.45) is 0 Å². The Morgan fingerprint density at radius 2 is 1.83 bits per heavy atom. The van der Waals surface area contributed by atoms with Crippen LogP contribution in [-0.4, -0.2) is 17.0 Å². The minimum atomic E-state index is -0.610. The summed E-state index contributed by atoms with van der Waals surface area (Å²) in [6.07, 6.45) is -0.610. The molecule has 0 aliphatic carbocycles. The molecular formula is C24H22N2O2S. The summed E-state index contributed by atoms with van der Waals surface area (Å²) in [6, 6.07) is 21.7. The van der Waals surface area contributed by atoms with Crippen LogP contribution in [-0.2, 0) is 4.79 Å². The van der Waals surface area contributed by atoms with Crippen LogP contribution in [0.2, 0.25) is 0 Å². The molecule has 1 atom stereocenters. The predicted molar refractivity (Wildman–Crippen MR) is 120 cm³/mol. The number of thiazole rings is 1. The van der Waals surface area contributed by atoms with E-state index in [1.54, 1.807) is 18.3 Å². The van der Waals surface area contributed by atoms with Gasteiger partial charge >= 0.3 is 0 Å². The number of nitrogens with zero attached hydrogens (tertiary/aromatic N) is 1. The molecule has 0 spiro atoms. The van der Waals surface area contributed by atoms with E-state index >= 15 is 0 Å². The van der Waals surface area contributed by atoms with Gasteiger partial charge in [-0.2, -0.15) is 0 Å². The lowest BCUT2D eigenvalue weighted by molar-refractivity contribution is -0.122. The number of aromatic nitrogens is 1. The first-order valence-corrected chi connectivity index (χ1v) is 10.3. The Bertz CT molecular complexity index is 1150. The molecule has 146 valence electrons. The van der Waals surface area contributed by atoms with E-state index in [1.165, 1.54) is 0 Å². The number of aryl methyl sites for hydroxylation is 1. The van der Waals surface area contributed by atoms with Crippen molar-refractivity contribution in [2.75, 3.05) is 5.32 Å². The summed E-state index contributed by atoms with van der Waals surface area (Å²) >= 11 is 1.64. The van der Waals surface area contributed by atoms with Crippen molar-refractivity contribution in [1.29, 1.82) is 0 Å². The molecule has 1 amide bonds. The van der Waals surface area contributed by atoms with Gasteiger partial charge in [-0.1, -0.05) is 36.4 Å². The fourth-order valence-electron chi connectivity index (χ4n) is 3.07. The van der Waals surface area contributed by atoms with Crippen molar-refractivity contribution in [3.63, 3.8) is 0 Å². The number of hydrogen-bond acceptors (Lipinski definition) is 4. The number of amides is 1. The van der Waals surface area contributed by atoms with Crippen LogP contribution in [0.25, 0.3) is 20.8 Å². The second kappa shape index (κ2) is 8.05. The number of ether oxygens (including phenoxy) is 1. The lowest BCUT2D eigenvalue weighted by Gasteiger charge is -2.17. The highest BCUT2D eigenvalue weighted by Crippen LogP contribution is 2.31. The van der Waals surface area contributed by atoms with Gasteiger partial charge in [0.2, 0.25) is 0 Å². The highest BCUT2D eigenvalue weighted by Gasteiger charge is 2.17. The number of carbonyl (C=O) groups excluding carboxylic acids is 1. The standard InChI is InChI=1S/C24H22N2O2S/c1-15-8-6-12-21(16(15)2)28-17(3)23(27)25-19-10-7-9-18(14-19)24-26-20-11-4-5-13-22(20)29-24/h4-14,17H,1-3H3,(H,25,27)/t17-/m0/s1. The lowest BCUT2D eigenvalue weighted by atomic mass is 10.1. The van der Waals surface area contributed by atoms with Crippen LogP contribution in [0, 0.1) is 13.8 Å². The summed E-state index contributed by atoms with van der Waals surface area (Å²) in [5.74, 6) is 0.545. The van der Waals surface area contributed by atoms with Crippen LogP contribution in [0.15, 0.2) is 66.7 Å². The summed E-state index contributed by atoms with van der Waals surface area (Å²) < 4.78 is 7.04. The normalized spacial score (nSPS) is 12.0. The van der Waals surface area contributed by atoms with Gasteiger partial charge in [0.1, 0.15) is 10.8 Å². The van der Waals surface area contributed by atoms with Crippen molar-refractivity contribution < 1.29 is 9.53 Å². The van der Waals surface area contributed by atoms with Crippen molar-refractivity contribution in [3.8, 4) is 16.3 Å². The number of benzene rings is 3. The molecule has 0 aliphatic heterocycles. The molecular weight excluding hydrogens is 380 g/mol. The number of carbonyl (C=O) groups is 1. The van der Waals surface area contributed by atoms with E-state index in [-0.39, 0.29) is 5.91 Å². The zero-order valence-corrected chi connectivity index (χ0v) is 17.4. The molecule has 4 aromatic rings. The topological polar surface area (TPSA) is 51.2 Å². The van der Waals surface area contributed by atoms with Gasteiger partial charge in [0.05, 0.1) is 10.2 Å². The molecule has 0 saturated heterocycles. The Kier molecular flexibility index (Phi) is 5.32. The Morgan fingerprint density at radius 3 is 2.66 bits per heavy atom. The molecule has 3 aromatic carbocycles. The van der Waals surface area contributed by atoms with E-state index in [2.05, 4.69) is 11.4 Å². The summed E-state index contributed by atoms with van der Waals surface area (Å²) in [4.78, 5) is 17.3. The number of anilines is 1. The zero-order valence-electron chi connectivity index (χ0n) is 16.6. The van der Waals surface area contributed by atoms with Crippen LogP contribution in [0.4, 0.5) is 5.69 Å². The Balaban J connectivity index is 1.49. The molecule has 5 heteroatoms. The van der Waals surface area contributed by atoms with E-state index in [9.17, 15) is 4.79 Å². The minimum Gasteiger partial charge on any atom is -0.481 e. The van der Waals surface area contributed by atoms with E-state index in [1.807, 2.05) is 74.5 Å². The molecule has 0 radical (unpaired) electrons. The molecule has 0 fully saturated rings. The van der Waals surface area contributed by atoms with Crippen LogP contribution in [0.3, 0.4) is 0 Å². The first kappa shape index (κ1) is 19.2. The highest BCUT2D eigenvalue weighted by atomic mass is 32.1. The van der Waals surface area contributed by atoms with Crippen molar-refractivity contribution >= 4 is 33.1 Å². The van der Waals surface area contributed by atoms with Gasteiger partial charge in [-0.3, -0.25) is 4.79 Å². The van der Waals surface area contributed by atoms with Crippen molar-refractivity contribution in [3.05, 3.63) is 77.9 Å². The summed E-state index contributed by atoms with van der Waals surface area (Å²) in [7, 11) is 0. The van der Waals surface area contributed by atoms with E-state index in [0.717, 1.165) is 43.4 Å². The maximum atomic E-state index is 12.7. The zero-order chi connectivity index (χ0) is 20.4. The van der Waals surface area contributed by atoms with Gasteiger partial charge in [-0.25, -0.2) is 4.98 Å². The quantitative estimate of drug-likeness (QED) is 0.446. The van der Waals surface area contributed by atoms with Crippen LogP contribution in [0.5, 0.6) is 5.75 Å². The monoisotopic (exact) mass is 402 g/mol. The number of para-hydroxylation sites is 1. The molecule has 0 saturated carbocycles. The molecule has 0 bridgehead atoms. The predicted octanol–water partition coefficient (Wildman–Crippen LogP) is 5.99. The Morgan fingerprint density at radius 1 is 1.03 bits per heavy atom. The van der Waals surface area contributed by atoms with E-state index in [4.69, 9.17) is 9.72 Å². The lowest BCUT2D eigenvalue weighted by Crippen LogP contribution is -2.30. The number of hydrogen-bond donors (Lipinski definition) is 1. The summed E-state index contributed by atoms with van der Waals surface area (Å²) in [5.41, 5.74) is 4.87. The fraction of sp³-hybridized carbons (Fsp3) is 0.167. The van der Waals surface area contributed by atoms with Crippen molar-refractivity contribution in [2.45, 2.75) is 26.9 Å². The number of rotatable bonds is 5. The third-order valence-electron chi connectivity index (χ3n) is 4.90. The number of fused-ring (bicyclic) bond motifs is 1. The van der Waals surface area contributed by atoms with Gasteiger partial charge < -0.3 is 10.1 Å². The molecule has 1 aromatic heterocycles. The summed E-state index contributed by atoms with van der Waals surface area (Å²) in [5, 5.41) is 3.89. The Hall–Kier alpha value is -3.18. The van der Waals surface area contributed by atoms with Crippen molar-refractivity contribution in [1.82, 2.24) is 4.98 Å². The van der Waals surface area contributed by atoms with Gasteiger partial charge in [-0.05, 0) is 62.2 Å². The molecule has 0 aliphatic rings. The smallest absolute Gasteiger partial charge is 0.265 e. The van der Waals surface area contributed by atoms with Crippen LogP contribution >= 0.6 is 11.3 Å². The molecule has 4 rings (SSSR count). The molecule has 1 N–H and O–H groups in total. The third-order valence-corrected chi connectivity index (χ3v) is 5.98. The van der Waals surface area contributed by atoms with Gasteiger partial charge in [0, 0.05) is 11.3 Å². The SMILES string of the molecule is Cc1cccc(O[C@@H](C)C(=O)Nc2cccc(-c3nc4ccccc4s3)c2)c1C. The van der Waals surface area contributed by atoms with Gasteiger partial charge in [0.15, 0.2) is 6.10 Å². The fourth-order valence-corrected chi connectivity index (χ4v) is 4.03. The van der Waals surface area contributed by atoms with Crippen LogP contribution in [0.1, 0.15) is 18.1 Å². The largest absolute Gasteiger partial charge is 0.481 e. The molecule has 1 heterocycles. The Labute approximate surface area is 174 Å². The minimum absolute atomic E-state index is 0.188. The first-order valence-electron chi connectivity index (χ1n) is 9.51. The molecule has 4 nitrogen and oxygen atoms in total. The second-order valence-corrected chi connectivity index (χ2v) is 8.05. The first-order chi connectivity index (χ1) is 14.0. The third kappa shape index (κ3) is 4.15. The van der Waals surface area contributed by atoms with Crippen LogP contribution < -0.4 is 10.1 Å². The highest BCUT2D eigenvalue weighted by molar-refractivity contribution is 7.21. The maximum Gasteiger partial charge on any atom is 0.265 e. The summed E-state index contributed by atoms with van der Waals surface area (Å²) in [6.45, 7) is 5.78. The second-order valence-electron chi connectivity index (χ2n) is 7.01. The maximum absolute atomic E-state index is 12.7. The average molecular weight is 403 g/mol. The van der Waals surface area contributed by atoms with Gasteiger partial charge in [0.25, 0.3) is 5.91 Å². The number of nitrogens with one attached hydrogen (secondary N) is 1. The average Bonchev–Trinajstić information content (AvgIpc) is 3.16.